The van der Waals surface area contributed by atoms with Gasteiger partial charge in [-0.05, 0) is 41.8 Å². The third-order valence-electron chi connectivity index (χ3n) is 3.27. The largest absolute Gasteiger partial charge is 0.416 e. The Balaban J connectivity index is 2.35. The first-order valence-corrected chi connectivity index (χ1v) is 7.01. The van der Waals surface area contributed by atoms with Crippen LogP contribution in [0.5, 0.6) is 0 Å². The highest BCUT2D eigenvalue weighted by Crippen LogP contribution is 2.31. The summed E-state index contributed by atoms with van der Waals surface area (Å²) in [6.45, 7) is 1.96. The van der Waals surface area contributed by atoms with Crippen LogP contribution in [-0.4, -0.2) is 0 Å². The van der Waals surface area contributed by atoms with Crippen molar-refractivity contribution in [2.24, 2.45) is 5.84 Å². The normalized spacial score (nSPS) is 13.2. The molecule has 0 bridgehead atoms. The first kappa shape index (κ1) is 16.0. The van der Waals surface area contributed by atoms with Gasteiger partial charge in [0.05, 0.1) is 11.6 Å². The van der Waals surface area contributed by atoms with Crippen molar-refractivity contribution >= 4 is 15.9 Å². The first-order valence-electron chi connectivity index (χ1n) is 6.22. The van der Waals surface area contributed by atoms with Gasteiger partial charge in [0.2, 0.25) is 0 Å². The molecular weight excluding hydrogens is 345 g/mol. The molecule has 0 amide bonds. The Morgan fingerprint density at radius 1 is 1.05 bits per heavy atom. The summed E-state index contributed by atoms with van der Waals surface area (Å²) in [7, 11) is 0. The van der Waals surface area contributed by atoms with Crippen molar-refractivity contribution in [3.05, 3.63) is 69.2 Å². The molecule has 0 aliphatic carbocycles. The Morgan fingerprint density at radius 3 is 2.10 bits per heavy atom. The van der Waals surface area contributed by atoms with E-state index in [4.69, 9.17) is 5.84 Å². The van der Waals surface area contributed by atoms with Crippen molar-refractivity contribution in [2.75, 3.05) is 0 Å². The minimum absolute atomic E-state index is 0.371. The van der Waals surface area contributed by atoms with Gasteiger partial charge in [-0.3, -0.25) is 5.84 Å². The number of hydrogen-bond acceptors (Lipinski definition) is 2. The Morgan fingerprint density at radius 2 is 1.62 bits per heavy atom. The zero-order valence-corrected chi connectivity index (χ0v) is 12.8. The van der Waals surface area contributed by atoms with Crippen LogP contribution in [0, 0.1) is 6.92 Å². The maximum atomic E-state index is 12.6. The number of halogens is 4. The molecule has 0 heterocycles. The van der Waals surface area contributed by atoms with Crippen LogP contribution in [0.4, 0.5) is 13.2 Å². The summed E-state index contributed by atoms with van der Waals surface area (Å²) < 4.78 is 38.7. The van der Waals surface area contributed by atoms with Crippen LogP contribution < -0.4 is 11.3 Å². The molecule has 0 aliphatic heterocycles. The van der Waals surface area contributed by atoms with E-state index in [-0.39, 0.29) is 6.04 Å². The predicted molar refractivity (Wildman–Crippen MR) is 79.5 cm³/mol. The van der Waals surface area contributed by atoms with E-state index in [9.17, 15) is 13.2 Å². The topological polar surface area (TPSA) is 38.0 Å². The van der Waals surface area contributed by atoms with E-state index in [0.717, 1.165) is 27.7 Å². The molecule has 6 heteroatoms. The molecule has 0 aliphatic rings. The second-order valence-electron chi connectivity index (χ2n) is 4.73. The fourth-order valence-electron chi connectivity index (χ4n) is 2.04. The van der Waals surface area contributed by atoms with Crippen molar-refractivity contribution in [3.63, 3.8) is 0 Å². The molecule has 0 saturated carbocycles. The summed E-state index contributed by atoms with van der Waals surface area (Å²) in [6.07, 6.45) is -4.34. The minimum atomic E-state index is -4.34. The van der Waals surface area contributed by atoms with Gasteiger partial charge in [0.15, 0.2) is 0 Å². The lowest BCUT2D eigenvalue weighted by Crippen LogP contribution is -2.28. The van der Waals surface area contributed by atoms with Gasteiger partial charge >= 0.3 is 6.18 Å². The number of nitrogens with one attached hydrogen (secondary N) is 1. The molecule has 2 nitrogen and oxygen atoms in total. The monoisotopic (exact) mass is 358 g/mol. The number of hydrazine groups is 1. The second-order valence-corrected chi connectivity index (χ2v) is 5.58. The highest BCUT2D eigenvalue weighted by atomic mass is 79.9. The summed E-state index contributed by atoms with van der Waals surface area (Å²) in [5.74, 6) is 5.56. The van der Waals surface area contributed by atoms with E-state index in [0.29, 0.717) is 5.56 Å². The summed E-state index contributed by atoms with van der Waals surface area (Å²) in [4.78, 5) is 0. The van der Waals surface area contributed by atoms with Gasteiger partial charge in [-0.2, -0.15) is 13.2 Å². The fraction of sp³-hybridized carbons (Fsp3) is 0.200. The number of benzene rings is 2. The standard InChI is InChI=1S/C15H14BrF3N2/c1-9-2-3-11(8-13(9)16)14(21-20)10-4-6-12(7-5-10)15(17,18)19/h2-8,14,21H,20H2,1H3. The Hall–Kier alpha value is -1.37. The van der Waals surface area contributed by atoms with Crippen molar-refractivity contribution in [1.82, 2.24) is 5.43 Å². The number of nitrogens with two attached hydrogens (primary N) is 1. The van der Waals surface area contributed by atoms with E-state index in [2.05, 4.69) is 21.4 Å². The Labute approximate surface area is 129 Å². The first-order chi connectivity index (χ1) is 9.82. The third kappa shape index (κ3) is 3.64. The lowest BCUT2D eigenvalue weighted by Gasteiger charge is -2.18. The molecule has 0 radical (unpaired) electrons. The van der Waals surface area contributed by atoms with Crippen molar-refractivity contribution < 1.29 is 13.2 Å². The van der Waals surface area contributed by atoms with E-state index in [1.807, 2.05) is 25.1 Å². The molecule has 0 fully saturated rings. The maximum Gasteiger partial charge on any atom is 0.416 e. The Bertz CT molecular complexity index is 624. The van der Waals surface area contributed by atoms with E-state index < -0.39 is 11.7 Å². The average molecular weight is 359 g/mol. The van der Waals surface area contributed by atoms with Gasteiger partial charge in [-0.15, -0.1) is 0 Å². The van der Waals surface area contributed by atoms with Gasteiger partial charge in [0.1, 0.15) is 0 Å². The lowest BCUT2D eigenvalue weighted by molar-refractivity contribution is -0.137. The average Bonchev–Trinajstić information content (AvgIpc) is 2.43. The number of hydrogen-bond donors (Lipinski definition) is 2. The van der Waals surface area contributed by atoms with Gasteiger partial charge < -0.3 is 0 Å². The molecule has 2 rings (SSSR count). The van der Waals surface area contributed by atoms with Gasteiger partial charge in [0.25, 0.3) is 0 Å². The van der Waals surface area contributed by atoms with Gasteiger partial charge in [0, 0.05) is 4.47 Å². The molecule has 0 aromatic heterocycles. The summed E-state index contributed by atoms with van der Waals surface area (Å²) in [5, 5.41) is 0. The van der Waals surface area contributed by atoms with Crippen LogP contribution in [-0.2, 0) is 6.18 Å². The molecule has 112 valence electrons. The summed E-state index contributed by atoms with van der Waals surface area (Å²) in [5.41, 5.74) is 4.57. The number of aryl methyl sites for hydroxylation is 1. The minimum Gasteiger partial charge on any atom is -0.271 e. The van der Waals surface area contributed by atoms with E-state index in [1.165, 1.54) is 12.1 Å². The fourth-order valence-corrected chi connectivity index (χ4v) is 2.43. The van der Waals surface area contributed by atoms with Crippen LogP contribution in [0.3, 0.4) is 0 Å². The van der Waals surface area contributed by atoms with Gasteiger partial charge in [-0.1, -0.05) is 40.2 Å². The highest BCUT2D eigenvalue weighted by Gasteiger charge is 2.30. The molecule has 0 saturated heterocycles. The summed E-state index contributed by atoms with van der Waals surface area (Å²) in [6, 6.07) is 10.3. The summed E-state index contributed by atoms with van der Waals surface area (Å²) >= 11 is 3.44. The number of alkyl halides is 3. The third-order valence-corrected chi connectivity index (χ3v) is 4.12. The Kier molecular flexibility index (Phi) is 4.70. The maximum absolute atomic E-state index is 12.6. The highest BCUT2D eigenvalue weighted by molar-refractivity contribution is 9.10. The van der Waals surface area contributed by atoms with E-state index >= 15 is 0 Å². The molecule has 2 aromatic carbocycles. The van der Waals surface area contributed by atoms with Crippen LogP contribution in [0.1, 0.15) is 28.3 Å². The van der Waals surface area contributed by atoms with Crippen molar-refractivity contribution in [1.29, 1.82) is 0 Å². The predicted octanol–water partition coefficient (Wildman–Crippen LogP) is 4.33. The molecule has 2 aromatic rings. The van der Waals surface area contributed by atoms with Crippen molar-refractivity contribution in [3.8, 4) is 0 Å². The smallest absolute Gasteiger partial charge is 0.271 e. The molecule has 1 unspecified atom stereocenters. The molecular formula is C15H14BrF3N2. The zero-order chi connectivity index (χ0) is 15.6. The number of rotatable bonds is 3. The zero-order valence-electron chi connectivity index (χ0n) is 11.2. The van der Waals surface area contributed by atoms with Crippen LogP contribution in [0.15, 0.2) is 46.9 Å². The quantitative estimate of drug-likeness (QED) is 0.633. The lowest BCUT2D eigenvalue weighted by atomic mass is 9.97. The molecule has 21 heavy (non-hydrogen) atoms. The molecule has 3 N–H and O–H groups in total. The molecule has 0 spiro atoms. The van der Waals surface area contributed by atoms with E-state index in [1.54, 1.807) is 0 Å². The van der Waals surface area contributed by atoms with Crippen molar-refractivity contribution in [2.45, 2.75) is 19.1 Å². The van der Waals surface area contributed by atoms with Crippen LogP contribution in [0.25, 0.3) is 0 Å². The van der Waals surface area contributed by atoms with Crippen LogP contribution >= 0.6 is 15.9 Å². The second kappa shape index (κ2) is 6.17. The van der Waals surface area contributed by atoms with Crippen LogP contribution in [0.2, 0.25) is 0 Å². The SMILES string of the molecule is Cc1ccc(C(NN)c2ccc(C(F)(F)F)cc2)cc1Br. The van der Waals surface area contributed by atoms with Gasteiger partial charge in [-0.25, -0.2) is 5.43 Å². The molecule has 1 atom stereocenters.